The van der Waals surface area contributed by atoms with E-state index in [4.69, 9.17) is 4.42 Å². The number of amides is 4. The summed E-state index contributed by atoms with van der Waals surface area (Å²) in [4.78, 5) is 41.1. The Kier molecular flexibility index (Phi) is 5.83. The third kappa shape index (κ3) is 4.74. The predicted octanol–water partition coefficient (Wildman–Crippen LogP) is 2.59. The fraction of sp³-hybridized carbons (Fsp3) is 0.480. The number of hydrogen-bond acceptors (Lipinski definition) is 4. The second-order valence-electron chi connectivity index (χ2n) is 9.52. The van der Waals surface area contributed by atoms with Gasteiger partial charge in [-0.3, -0.25) is 9.59 Å². The first kappa shape index (κ1) is 21.6. The van der Waals surface area contributed by atoms with E-state index in [-0.39, 0.29) is 41.6 Å². The smallest absolute Gasteiger partial charge is 0.317 e. The van der Waals surface area contributed by atoms with Crippen LogP contribution in [-0.4, -0.2) is 66.4 Å². The van der Waals surface area contributed by atoms with Crippen molar-refractivity contribution in [3.05, 3.63) is 60.1 Å². The van der Waals surface area contributed by atoms with Crippen molar-refractivity contribution in [2.75, 3.05) is 32.7 Å². The summed E-state index contributed by atoms with van der Waals surface area (Å²) in [5.74, 6) is 0.155. The molecule has 0 radical (unpaired) electrons. The maximum atomic E-state index is 12.8. The molecule has 3 fully saturated rings. The molecule has 1 saturated carbocycles. The Labute approximate surface area is 193 Å². The van der Waals surface area contributed by atoms with Crippen LogP contribution in [0.2, 0.25) is 0 Å². The number of piperidine rings is 1. The Morgan fingerprint density at radius 1 is 0.970 bits per heavy atom. The summed E-state index contributed by atoms with van der Waals surface area (Å²) in [5.41, 5.74) is 1.38. The standard InChI is InChI=1S/C25H30N4O4/c30-22(16-26-23(31)21-7-4-14-33-21)28-11-8-25(9-12-28)10-13-29(17-25)24(32)27-20-15-19(20)18-5-2-1-3-6-18/h1-7,14,19-20H,8-13,15-17H2,(H,26,31)(H,27,32)/t19-,20+/m0/s1. The zero-order valence-corrected chi connectivity index (χ0v) is 18.7. The highest BCUT2D eigenvalue weighted by Crippen LogP contribution is 2.42. The summed E-state index contributed by atoms with van der Waals surface area (Å²) in [6.07, 6.45) is 5.17. The molecule has 4 amide bonds. The lowest BCUT2D eigenvalue weighted by Gasteiger charge is -2.39. The molecule has 2 atom stereocenters. The van der Waals surface area contributed by atoms with Crippen LogP contribution in [0.5, 0.6) is 0 Å². The molecule has 3 aliphatic rings. The number of benzene rings is 1. The van der Waals surface area contributed by atoms with Crippen LogP contribution in [0, 0.1) is 5.41 Å². The first-order chi connectivity index (χ1) is 16.0. The van der Waals surface area contributed by atoms with Crippen LogP contribution in [0.25, 0.3) is 0 Å². The number of carbonyl (C=O) groups excluding carboxylic acids is 3. The summed E-state index contributed by atoms with van der Waals surface area (Å²) in [5, 5.41) is 5.83. The quantitative estimate of drug-likeness (QED) is 0.732. The molecule has 33 heavy (non-hydrogen) atoms. The summed E-state index contributed by atoms with van der Waals surface area (Å²) in [7, 11) is 0. The van der Waals surface area contributed by atoms with Crippen LogP contribution in [-0.2, 0) is 4.79 Å². The topological polar surface area (TPSA) is 94.9 Å². The van der Waals surface area contributed by atoms with Gasteiger partial charge in [-0.25, -0.2) is 4.79 Å². The van der Waals surface area contributed by atoms with Gasteiger partial charge in [-0.15, -0.1) is 0 Å². The molecule has 5 rings (SSSR count). The number of urea groups is 1. The first-order valence-corrected chi connectivity index (χ1v) is 11.7. The second kappa shape index (κ2) is 8.92. The minimum Gasteiger partial charge on any atom is -0.459 e. The predicted molar refractivity (Wildman–Crippen MR) is 122 cm³/mol. The average molecular weight is 451 g/mol. The average Bonchev–Trinajstić information content (AvgIpc) is 3.22. The van der Waals surface area contributed by atoms with Gasteiger partial charge in [-0.05, 0) is 48.8 Å². The van der Waals surface area contributed by atoms with E-state index in [1.165, 1.54) is 11.8 Å². The van der Waals surface area contributed by atoms with Crippen molar-refractivity contribution in [3.63, 3.8) is 0 Å². The SMILES string of the molecule is O=C(NCC(=O)N1CCC2(CC1)CCN(C(=O)N[C@@H]1C[C@H]1c1ccccc1)C2)c1ccco1. The monoisotopic (exact) mass is 450 g/mol. The van der Waals surface area contributed by atoms with E-state index in [0.717, 1.165) is 38.8 Å². The molecular weight excluding hydrogens is 420 g/mol. The molecule has 8 heteroatoms. The van der Waals surface area contributed by atoms with Gasteiger partial charge in [0.1, 0.15) is 0 Å². The molecule has 2 aromatic rings. The Morgan fingerprint density at radius 3 is 2.39 bits per heavy atom. The van der Waals surface area contributed by atoms with Crippen molar-refractivity contribution >= 4 is 17.8 Å². The lowest BCUT2D eigenvalue weighted by Crippen LogP contribution is -2.48. The summed E-state index contributed by atoms with van der Waals surface area (Å²) in [6.45, 7) is 2.79. The molecule has 8 nitrogen and oxygen atoms in total. The van der Waals surface area contributed by atoms with E-state index in [0.29, 0.717) is 19.0 Å². The molecule has 0 bridgehead atoms. The summed E-state index contributed by atoms with van der Waals surface area (Å²) < 4.78 is 5.05. The first-order valence-electron chi connectivity index (χ1n) is 11.7. The van der Waals surface area contributed by atoms with E-state index in [2.05, 4.69) is 22.8 Å². The number of furan rings is 1. The normalized spacial score (nSPS) is 23.4. The third-order valence-electron chi connectivity index (χ3n) is 7.37. The summed E-state index contributed by atoms with van der Waals surface area (Å²) >= 11 is 0. The lowest BCUT2D eigenvalue weighted by atomic mass is 9.78. The Balaban J connectivity index is 1.05. The van der Waals surface area contributed by atoms with Gasteiger partial charge in [0.2, 0.25) is 5.91 Å². The van der Waals surface area contributed by atoms with Crippen molar-refractivity contribution in [3.8, 4) is 0 Å². The highest BCUT2D eigenvalue weighted by Gasteiger charge is 2.45. The molecule has 3 heterocycles. The minimum absolute atomic E-state index is 0.0365. The van der Waals surface area contributed by atoms with E-state index >= 15 is 0 Å². The Morgan fingerprint density at radius 2 is 1.70 bits per heavy atom. The third-order valence-corrected chi connectivity index (χ3v) is 7.37. The van der Waals surface area contributed by atoms with Crippen LogP contribution < -0.4 is 10.6 Å². The molecule has 2 N–H and O–H groups in total. The minimum atomic E-state index is -0.385. The highest BCUT2D eigenvalue weighted by atomic mass is 16.3. The zero-order chi connectivity index (χ0) is 22.8. The van der Waals surface area contributed by atoms with Crippen molar-refractivity contribution in [2.24, 2.45) is 5.41 Å². The molecular formula is C25H30N4O4. The van der Waals surface area contributed by atoms with Gasteiger partial charge in [0.15, 0.2) is 5.76 Å². The molecule has 2 aliphatic heterocycles. The fourth-order valence-corrected chi connectivity index (χ4v) is 5.18. The molecule has 1 aromatic carbocycles. The largest absolute Gasteiger partial charge is 0.459 e. The molecule has 174 valence electrons. The van der Waals surface area contributed by atoms with Crippen molar-refractivity contribution in [2.45, 2.75) is 37.6 Å². The van der Waals surface area contributed by atoms with Gasteiger partial charge in [0, 0.05) is 38.1 Å². The maximum absolute atomic E-state index is 12.8. The fourth-order valence-electron chi connectivity index (χ4n) is 5.18. The number of hydrogen-bond donors (Lipinski definition) is 2. The Bertz CT molecular complexity index is 999. The number of nitrogens with zero attached hydrogens (tertiary/aromatic N) is 2. The highest BCUT2D eigenvalue weighted by molar-refractivity contribution is 5.94. The molecule has 1 aliphatic carbocycles. The molecule has 2 saturated heterocycles. The van der Waals surface area contributed by atoms with Crippen molar-refractivity contribution < 1.29 is 18.8 Å². The lowest BCUT2D eigenvalue weighted by molar-refractivity contribution is -0.132. The van der Waals surface area contributed by atoms with Gasteiger partial charge < -0.3 is 24.9 Å². The van der Waals surface area contributed by atoms with E-state index in [9.17, 15) is 14.4 Å². The van der Waals surface area contributed by atoms with Crippen molar-refractivity contribution in [1.82, 2.24) is 20.4 Å². The Hall–Kier alpha value is -3.29. The van der Waals surface area contributed by atoms with Crippen LogP contribution >= 0.6 is 0 Å². The molecule has 0 unspecified atom stereocenters. The van der Waals surface area contributed by atoms with Gasteiger partial charge in [-0.2, -0.15) is 0 Å². The van der Waals surface area contributed by atoms with Gasteiger partial charge in [-0.1, -0.05) is 30.3 Å². The van der Waals surface area contributed by atoms with Crippen LogP contribution in [0.3, 0.4) is 0 Å². The van der Waals surface area contributed by atoms with Gasteiger partial charge >= 0.3 is 6.03 Å². The van der Waals surface area contributed by atoms with E-state index < -0.39 is 0 Å². The van der Waals surface area contributed by atoms with E-state index in [1.807, 2.05) is 28.0 Å². The zero-order valence-electron chi connectivity index (χ0n) is 18.7. The van der Waals surface area contributed by atoms with Crippen LogP contribution in [0.1, 0.15) is 47.7 Å². The van der Waals surface area contributed by atoms with Gasteiger partial charge in [0.05, 0.1) is 12.8 Å². The maximum Gasteiger partial charge on any atom is 0.317 e. The molecule has 1 spiro atoms. The number of likely N-dealkylation sites (tertiary alicyclic amines) is 2. The number of rotatable bonds is 5. The van der Waals surface area contributed by atoms with Crippen LogP contribution in [0.4, 0.5) is 4.79 Å². The van der Waals surface area contributed by atoms with E-state index in [1.54, 1.807) is 12.1 Å². The van der Waals surface area contributed by atoms with Gasteiger partial charge in [0.25, 0.3) is 5.91 Å². The number of carbonyl (C=O) groups is 3. The second-order valence-corrected chi connectivity index (χ2v) is 9.52. The van der Waals surface area contributed by atoms with Crippen LogP contribution in [0.15, 0.2) is 53.1 Å². The number of nitrogens with one attached hydrogen (secondary N) is 2. The summed E-state index contributed by atoms with van der Waals surface area (Å²) in [6, 6.07) is 13.8. The van der Waals surface area contributed by atoms with Crippen molar-refractivity contribution in [1.29, 1.82) is 0 Å². The molecule has 1 aromatic heterocycles.